The number of rotatable bonds is 6. The van der Waals surface area contributed by atoms with Crippen LogP contribution in [0, 0.1) is 38.8 Å². The Morgan fingerprint density at radius 2 is 1.54 bits per heavy atom. The van der Waals surface area contributed by atoms with E-state index in [1.807, 2.05) is 24.4 Å². The predicted molar refractivity (Wildman–Crippen MR) is 201 cm³/mol. The number of nitrogens with zero attached hydrogens (tertiary/aromatic N) is 2. The zero-order valence-electron chi connectivity index (χ0n) is 29.8. The fraction of sp³-hybridized carbons (Fsp3) is 0.349. The van der Waals surface area contributed by atoms with Gasteiger partial charge in [-0.25, -0.2) is 0 Å². The van der Waals surface area contributed by atoms with E-state index in [2.05, 4.69) is 120 Å². The van der Waals surface area contributed by atoms with Crippen molar-refractivity contribution in [2.45, 2.75) is 92.3 Å². The third-order valence-corrected chi connectivity index (χ3v) is 11.6. The molecule has 3 nitrogen and oxygen atoms in total. The summed E-state index contributed by atoms with van der Waals surface area (Å²) in [5, 5.41) is 3.89. The van der Waals surface area contributed by atoms with Crippen LogP contribution in [0.1, 0.15) is 73.3 Å². The molecule has 1 aliphatic rings. The van der Waals surface area contributed by atoms with Crippen molar-refractivity contribution >= 4 is 35.2 Å². The normalized spacial score (nSPS) is 13.5. The quantitative estimate of drug-likeness (QED) is 0.124. The molecule has 1 fully saturated rings. The number of fused-ring (bicyclic) bond motifs is 3. The maximum absolute atomic E-state index is 6.10. The SMILES string of the molecule is C[Si](C)(C)c1cnc(-c2[c-]cccc2)cc1C1CCCC1.Cc1cnc(-c2[c-]cc3oc4c(C)ccc(C)c4c3c2)cc1CC(C)C.[Ir]. The summed E-state index contributed by atoms with van der Waals surface area (Å²) in [6, 6.07) is 27.8. The molecule has 0 spiro atoms. The molecule has 0 unspecified atom stereocenters. The van der Waals surface area contributed by atoms with Crippen LogP contribution >= 0.6 is 0 Å². The summed E-state index contributed by atoms with van der Waals surface area (Å²) in [7, 11) is -1.34. The van der Waals surface area contributed by atoms with Crippen molar-refractivity contribution in [3.8, 4) is 22.5 Å². The Kier molecular flexibility index (Phi) is 11.2. The second-order valence-electron chi connectivity index (χ2n) is 14.9. The first-order chi connectivity index (χ1) is 22.5. The Bertz CT molecular complexity index is 2020. The van der Waals surface area contributed by atoms with Crippen molar-refractivity contribution < 1.29 is 24.5 Å². The van der Waals surface area contributed by atoms with Gasteiger partial charge < -0.3 is 14.4 Å². The molecule has 3 aromatic carbocycles. The van der Waals surface area contributed by atoms with E-state index >= 15 is 0 Å². The fourth-order valence-electron chi connectivity index (χ4n) is 7.01. The first-order valence-corrected chi connectivity index (χ1v) is 20.8. The van der Waals surface area contributed by atoms with Crippen LogP contribution in [0.15, 0.2) is 77.5 Å². The van der Waals surface area contributed by atoms with Crippen LogP contribution in [0.5, 0.6) is 0 Å². The van der Waals surface area contributed by atoms with Crippen molar-refractivity contribution in [3.63, 3.8) is 0 Å². The second kappa shape index (κ2) is 15.0. The van der Waals surface area contributed by atoms with Gasteiger partial charge in [0.15, 0.2) is 0 Å². The van der Waals surface area contributed by atoms with Gasteiger partial charge >= 0.3 is 0 Å². The molecule has 7 rings (SSSR count). The maximum Gasteiger partial charge on any atom is 0.124 e. The van der Waals surface area contributed by atoms with Gasteiger partial charge in [0, 0.05) is 37.9 Å². The van der Waals surface area contributed by atoms with Crippen molar-refractivity contribution in [2.75, 3.05) is 0 Å². The number of hydrogen-bond acceptors (Lipinski definition) is 3. The molecule has 5 heteroatoms. The van der Waals surface area contributed by atoms with Crippen molar-refractivity contribution in [2.24, 2.45) is 5.92 Å². The van der Waals surface area contributed by atoms with Crippen LogP contribution in [0.25, 0.3) is 44.5 Å². The van der Waals surface area contributed by atoms with Gasteiger partial charge in [-0.15, -0.1) is 59.7 Å². The topological polar surface area (TPSA) is 38.9 Å². The molecular formula is C43H48IrN2OSi-2. The number of hydrogen-bond donors (Lipinski definition) is 0. The van der Waals surface area contributed by atoms with Crippen LogP contribution in [-0.2, 0) is 26.5 Å². The van der Waals surface area contributed by atoms with Crippen LogP contribution in [-0.4, -0.2) is 18.0 Å². The minimum Gasteiger partial charge on any atom is -0.500 e. The van der Waals surface area contributed by atoms with Gasteiger partial charge in [0.2, 0.25) is 0 Å². The molecule has 0 N–H and O–H groups in total. The second-order valence-corrected chi connectivity index (χ2v) is 19.9. The van der Waals surface area contributed by atoms with Crippen molar-refractivity contribution in [1.82, 2.24) is 9.97 Å². The summed E-state index contributed by atoms with van der Waals surface area (Å²) >= 11 is 0. The number of benzene rings is 3. The summed E-state index contributed by atoms with van der Waals surface area (Å²) < 4.78 is 6.10. The number of pyridine rings is 2. The average Bonchev–Trinajstić information content (AvgIpc) is 3.73. The molecular weight excluding hydrogens is 781 g/mol. The van der Waals surface area contributed by atoms with Crippen molar-refractivity contribution in [1.29, 1.82) is 0 Å². The van der Waals surface area contributed by atoms with Gasteiger partial charge in [-0.05, 0) is 85.1 Å². The maximum atomic E-state index is 6.10. The minimum atomic E-state index is -1.34. The Morgan fingerprint density at radius 3 is 2.23 bits per heavy atom. The molecule has 0 atom stereocenters. The van der Waals surface area contributed by atoms with Gasteiger partial charge in [0.25, 0.3) is 0 Å². The average molecular weight is 829 g/mol. The van der Waals surface area contributed by atoms with Crippen LogP contribution in [0.3, 0.4) is 0 Å². The van der Waals surface area contributed by atoms with Gasteiger partial charge in [-0.1, -0.05) is 87.1 Å². The van der Waals surface area contributed by atoms with E-state index in [1.165, 1.54) is 47.8 Å². The number of aromatic nitrogens is 2. The molecule has 251 valence electrons. The third-order valence-electron chi connectivity index (χ3n) is 9.60. The molecule has 1 radical (unpaired) electrons. The summed E-state index contributed by atoms with van der Waals surface area (Å²) in [5.74, 6) is 1.37. The smallest absolute Gasteiger partial charge is 0.124 e. The van der Waals surface area contributed by atoms with E-state index in [9.17, 15) is 0 Å². The van der Waals surface area contributed by atoms with Gasteiger partial charge in [0.05, 0.1) is 13.7 Å². The van der Waals surface area contributed by atoms with E-state index in [4.69, 9.17) is 9.40 Å². The molecule has 48 heavy (non-hydrogen) atoms. The number of aryl methyl sites for hydroxylation is 3. The zero-order chi connectivity index (χ0) is 33.3. The summed E-state index contributed by atoms with van der Waals surface area (Å²) in [5.41, 5.74) is 12.6. The van der Waals surface area contributed by atoms with Gasteiger partial charge in [-0.3, -0.25) is 0 Å². The van der Waals surface area contributed by atoms with Crippen molar-refractivity contribution in [3.05, 3.63) is 113 Å². The fourth-order valence-corrected chi connectivity index (χ4v) is 8.61. The van der Waals surface area contributed by atoms with E-state index in [0.29, 0.717) is 5.92 Å². The monoisotopic (exact) mass is 829 g/mol. The third kappa shape index (κ3) is 7.75. The van der Waals surface area contributed by atoms with Gasteiger partial charge in [-0.2, -0.15) is 0 Å². The van der Waals surface area contributed by atoms with E-state index < -0.39 is 8.07 Å². The first-order valence-electron chi connectivity index (χ1n) is 17.3. The van der Waals surface area contributed by atoms with Crippen LogP contribution in [0.2, 0.25) is 19.6 Å². The summed E-state index contributed by atoms with van der Waals surface area (Å²) in [6.45, 7) is 18.1. The van der Waals surface area contributed by atoms with E-state index in [0.717, 1.165) is 57.0 Å². The molecule has 0 bridgehead atoms. The number of furan rings is 1. The summed E-state index contributed by atoms with van der Waals surface area (Å²) in [6.07, 6.45) is 10.7. The Morgan fingerprint density at radius 1 is 0.833 bits per heavy atom. The standard InChI is InChI=1S/C24H24NO.C19H24NSi.Ir/c1-14(2)10-19-12-21(25-13-17(19)5)18-8-9-22-20(11-18)23-15(3)6-7-16(4)24(23)26-22;1-21(2,3)19-14-20-18(16-11-5-4-6-12-16)13-17(19)15-9-7-8-10-15;/h6-7,9,11-14H,10H2,1-5H3;4-6,11,13-15H,7-10H2,1-3H3;/q2*-1;. The molecule has 0 saturated heterocycles. The molecule has 1 aliphatic carbocycles. The molecule has 1 saturated carbocycles. The van der Waals surface area contributed by atoms with Crippen LogP contribution in [0.4, 0.5) is 0 Å². The largest absolute Gasteiger partial charge is 0.500 e. The Balaban J connectivity index is 0.000000188. The zero-order valence-corrected chi connectivity index (χ0v) is 33.1. The van der Waals surface area contributed by atoms with Gasteiger partial charge in [0.1, 0.15) is 5.58 Å². The van der Waals surface area contributed by atoms with E-state index in [-0.39, 0.29) is 20.1 Å². The van der Waals surface area contributed by atoms with Crippen LogP contribution < -0.4 is 5.19 Å². The predicted octanol–water partition coefficient (Wildman–Crippen LogP) is 11.3. The Hall–Kier alpha value is -3.37. The molecule has 6 aromatic rings. The van der Waals surface area contributed by atoms with E-state index in [1.54, 1.807) is 10.8 Å². The Labute approximate surface area is 302 Å². The minimum absolute atomic E-state index is 0. The molecule has 0 aliphatic heterocycles. The molecule has 3 aromatic heterocycles. The molecule has 0 amide bonds. The first kappa shape index (κ1) is 35.9. The summed E-state index contributed by atoms with van der Waals surface area (Å²) in [4.78, 5) is 9.42. The molecule has 3 heterocycles.